The molecular weight excluding hydrogens is 162 g/mol. The van der Waals surface area contributed by atoms with Crippen LogP contribution in [-0.2, 0) is 0 Å². The summed E-state index contributed by atoms with van der Waals surface area (Å²) in [6, 6.07) is 7.11. The number of benzene rings is 1. The van der Waals surface area contributed by atoms with Gasteiger partial charge in [0.25, 0.3) is 0 Å². The zero-order valence-corrected chi connectivity index (χ0v) is 7.33. The molecule has 0 fully saturated rings. The predicted octanol–water partition coefficient (Wildman–Crippen LogP) is 1.97. The molecule has 13 heavy (non-hydrogen) atoms. The van der Waals surface area contributed by atoms with Crippen molar-refractivity contribution in [2.24, 2.45) is 0 Å². The minimum atomic E-state index is 0.217. The van der Waals surface area contributed by atoms with Crippen molar-refractivity contribution in [2.75, 3.05) is 0 Å². The first-order valence-electron chi connectivity index (χ1n) is 3.90. The van der Waals surface area contributed by atoms with Crippen molar-refractivity contribution in [3.05, 3.63) is 29.3 Å². The predicted molar refractivity (Wildman–Crippen MR) is 50.0 cm³/mol. The Morgan fingerprint density at radius 3 is 2.92 bits per heavy atom. The summed E-state index contributed by atoms with van der Waals surface area (Å²) in [5.74, 6) is 5.76. The molecule has 1 N–H and O–H groups in total. The summed E-state index contributed by atoms with van der Waals surface area (Å²) in [5, 5.41) is 17.6. The molecule has 0 saturated heterocycles. The topological polar surface area (TPSA) is 44.0 Å². The van der Waals surface area contributed by atoms with Crippen LogP contribution in [0.25, 0.3) is 0 Å². The number of nitrogens with zero attached hydrogens (tertiary/aromatic N) is 1. The Morgan fingerprint density at radius 2 is 2.23 bits per heavy atom. The van der Waals surface area contributed by atoms with Crippen LogP contribution in [-0.4, -0.2) is 5.11 Å². The summed E-state index contributed by atoms with van der Waals surface area (Å²) >= 11 is 0. The smallest absolute Gasteiger partial charge is 0.119 e. The van der Waals surface area contributed by atoms with Crippen LogP contribution in [0.1, 0.15) is 17.5 Å². The van der Waals surface area contributed by atoms with Gasteiger partial charge in [-0.3, -0.25) is 0 Å². The maximum Gasteiger partial charge on any atom is 0.119 e. The Bertz CT molecular complexity index is 404. The van der Waals surface area contributed by atoms with Crippen molar-refractivity contribution in [1.82, 2.24) is 0 Å². The summed E-state index contributed by atoms with van der Waals surface area (Å²) in [4.78, 5) is 0. The van der Waals surface area contributed by atoms with E-state index < -0.39 is 0 Å². The highest BCUT2D eigenvalue weighted by atomic mass is 16.3. The molecule has 64 valence electrons. The lowest BCUT2D eigenvalue weighted by atomic mass is 10.1. The SMILES string of the molecule is Cc1c(O)cccc1C#CCC#N. The highest BCUT2D eigenvalue weighted by molar-refractivity contribution is 5.47. The van der Waals surface area contributed by atoms with Gasteiger partial charge in [-0.05, 0) is 19.1 Å². The molecule has 1 aromatic carbocycles. The molecule has 0 atom stereocenters. The molecular formula is C11H9NO. The third-order valence-corrected chi connectivity index (χ3v) is 1.70. The lowest BCUT2D eigenvalue weighted by Gasteiger charge is -1.99. The standard InChI is InChI=1S/C11H9NO/c1-9-10(5-2-3-8-12)6-4-7-11(9)13/h4,6-7,13H,3H2,1H3. The second kappa shape index (κ2) is 4.18. The largest absolute Gasteiger partial charge is 0.508 e. The molecule has 0 heterocycles. The Hall–Kier alpha value is -1.93. The average molecular weight is 171 g/mol. The zero-order chi connectivity index (χ0) is 9.68. The first kappa shape index (κ1) is 9.16. The maximum atomic E-state index is 9.32. The summed E-state index contributed by atoms with van der Waals surface area (Å²) < 4.78 is 0. The van der Waals surface area contributed by atoms with E-state index in [4.69, 9.17) is 5.26 Å². The van der Waals surface area contributed by atoms with Gasteiger partial charge >= 0.3 is 0 Å². The Balaban J connectivity index is 2.99. The van der Waals surface area contributed by atoms with Crippen molar-refractivity contribution in [3.63, 3.8) is 0 Å². The number of aromatic hydroxyl groups is 1. The summed E-state index contributed by atoms with van der Waals surface area (Å²) in [5.41, 5.74) is 1.53. The maximum absolute atomic E-state index is 9.32. The molecule has 0 unspecified atom stereocenters. The van der Waals surface area contributed by atoms with Crippen LogP contribution in [0.3, 0.4) is 0 Å². The van der Waals surface area contributed by atoms with Crippen molar-refractivity contribution in [3.8, 4) is 23.7 Å². The molecule has 1 aromatic rings. The van der Waals surface area contributed by atoms with E-state index in [0.29, 0.717) is 0 Å². The summed E-state index contributed by atoms with van der Waals surface area (Å²) in [7, 11) is 0. The van der Waals surface area contributed by atoms with Gasteiger partial charge in [-0.15, -0.1) is 0 Å². The quantitative estimate of drug-likeness (QED) is 0.606. The lowest BCUT2D eigenvalue weighted by Crippen LogP contribution is -1.81. The van der Waals surface area contributed by atoms with E-state index in [2.05, 4.69) is 11.8 Å². The fourth-order valence-electron chi connectivity index (χ4n) is 0.938. The normalized spacial score (nSPS) is 8.31. The highest BCUT2D eigenvalue weighted by Gasteiger charge is 1.97. The molecule has 0 aliphatic carbocycles. The second-order valence-corrected chi connectivity index (χ2v) is 2.59. The molecule has 0 aromatic heterocycles. The number of phenolic OH excluding ortho intramolecular Hbond substituents is 1. The van der Waals surface area contributed by atoms with Crippen LogP contribution in [0.4, 0.5) is 0 Å². The van der Waals surface area contributed by atoms with E-state index in [9.17, 15) is 5.11 Å². The molecule has 0 amide bonds. The summed E-state index contributed by atoms with van der Waals surface area (Å²) in [6.07, 6.45) is 0.217. The van der Waals surface area contributed by atoms with E-state index in [1.54, 1.807) is 19.1 Å². The van der Waals surface area contributed by atoms with Gasteiger partial charge in [-0.1, -0.05) is 17.9 Å². The molecule has 0 spiro atoms. The van der Waals surface area contributed by atoms with E-state index in [-0.39, 0.29) is 12.2 Å². The molecule has 0 aliphatic heterocycles. The number of hydrogen-bond acceptors (Lipinski definition) is 2. The van der Waals surface area contributed by atoms with Gasteiger partial charge in [0.1, 0.15) is 5.75 Å². The molecule has 0 radical (unpaired) electrons. The number of hydrogen-bond donors (Lipinski definition) is 1. The van der Waals surface area contributed by atoms with Gasteiger partial charge in [-0.25, -0.2) is 0 Å². The van der Waals surface area contributed by atoms with Crippen LogP contribution in [0.2, 0.25) is 0 Å². The van der Waals surface area contributed by atoms with E-state index in [0.717, 1.165) is 11.1 Å². The van der Waals surface area contributed by atoms with Crippen LogP contribution in [0, 0.1) is 30.1 Å². The fourth-order valence-corrected chi connectivity index (χ4v) is 0.938. The highest BCUT2D eigenvalue weighted by Crippen LogP contribution is 2.18. The monoisotopic (exact) mass is 171 g/mol. The van der Waals surface area contributed by atoms with Crippen LogP contribution in [0.15, 0.2) is 18.2 Å². The third kappa shape index (κ3) is 2.25. The van der Waals surface area contributed by atoms with E-state index in [1.165, 1.54) is 0 Å². The number of nitriles is 1. The van der Waals surface area contributed by atoms with Gasteiger partial charge in [-0.2, -0.15) is 5.26 Å². The van der Waals surface area contributed by atoms with E-state index in [1.807, 2.05) is 12.1 Å². The number of rotatable bonds is 0. The van der Waals surface area contributed by atoms with Crippen LogP contribution < -0.4 is 0 Å². The minimum absolute atomic E-state index is 0.217. The van der Waals surface area contributed by atoms with Crippen molar-refractivity contribution in [1.29, 1.82) is 5.26 Å². The van der Waals surface area contributed by atoms with E-state index >= 15 is 0 Å². The molecule has 2 heteroatoms. The second-order valence-electron chi connectivity index (χ2n) is 2.59. The molecule has 1 rings (SSSR count). The Labute approximate surface area is 77.4 Å². The first-order chi connectivity index (χ1) is 6.25. The lowest BCUT2D eigenvalue weighted by molar-refractivity contribution is 0.471. The van der Waals surface area contributed by atoms with Gasteiger partial charge in [0.15, 0.2) is 0 Å². The van der Waals surface area contributed by atoms with Crippen molar-refractivity contribution < 1.29 is 5.11 Å². The third-order valence-electron chi connectivity index (χ3n) is 1.70. The van der Waals surface area contributed by atoms with Crippen molar-refractivity contribution >= 4 is 0 Å². The molecule has 0 aliphatic rings. The first-order valence-corrected chi connectivity index (χ1v) is 3.90. The molecule has 0 bridgehead atoms. The molecule has 0 saturated carbocycles. The van der Waals surface area contributed by atoms with Crippen LogP contribution >= 0.6 is 0 Å². The average Bonchev–Trinajstić information content (AvgIpc) is 2.13. The van der Waals surface area contributed by atoms with Gasteiger partial charge < -0.3 is 5.11 Å². The Kier molecular flexibility index (Phi) is 2.95. The molecule has 2 nitrogen and oxygen atoms in total. The van der Waals surface area contributed by atoms with Gasteiger partial charge in [0.2, 0.25) is 0 Å². The minimum Gasteiger partial charge on any atom is -0.508 e. The van der Waals surface area contributed by atoms with Crippen LogP contribution in [0.5, 0.6) is 5.75 Å². The number of phenols is 1. The van der Waals surface area contributed by atoms with Gasteiger partial charge in [0.05, 0.1) is 12.5 Å². The van der Waals surface area contributed by atoms with Crippen molar-refractivity contribution in [2.45, 2.75) is 13.3 Å². The fraction of sp³-hybridized carbons (Fsp3) is 0.182. The zero-order valence-electron chi connectivity index (χ0n) is 7.33. The Morgan fingerprint density at radius 1 is 1.46 bits per heavy atom. The summed E-state index contributed by atoms with van der Waals surface area (Å²) in [6.45, 7) is 1.80. The van der Waals surface area contributed by atoms with Gasteiger partial charge in [0, 0.05) is 11.1 Å².